The molecule has 0 saturated heterocycles. The third-order valence-corrected chi connectivity index (χ3v) is 5.64. The Hall–Kier alpha value is -2.32. The Morgan fingerprint density at radius 2 is 1.83 bits per heavy atom. The third kappa shape index (κ3) is 2.71. The number of carboxylic acid groups (broad SMARTS) is 2. The Kier molecular flexibility index (Phi) is 3.87. The normalized spacial score (nSPS) is 14.3. The van der Waals surface area contributed by atoms with Gasteiger partial charge in [-0.05, 0) is 23.9 Å². The lowest BCUT2D eigenvalue weighted by Gasteiger charge is -2.08. The predicted molar refractivity (Wildman–Crippen MR) is 82.6 cm³/mol. The Balaban J connectivity index is 1.93. The number of fused-ring (bicyclic) bond motifs is 2. The molecule has 6 nitrogen and oxygen atoms in total. The highest BCUT2D eigenvalue weighted by atomic mass is 32.1. The average molecular weight is 350 g/mol. The number of aliphatic carboxylic acids is 2. The Labute approximate surface area is 138 Å². The fraction of sp³-hybridized carbons (Fsp3) is 0.200. The van der Waals surface area contributed by atoms with Crippen molar-refractivity contribution in [1.82, 2.24) is 0 Å². The topological polar surface area (TPSA) is 109 Å². The van der Waals surface area contributed by atoms with Crippen LogP contribution in [-0.4, -0.2) is 33.7 Å². The maximum Gasteiger partial charge on any atom is 0.307 e. The number of carbonyl (C=O) groups excluding carboxylic acids is 2. The highest BCUT2D eigenvalue weighted by molar-refractivity contribution is 7.17. The fourth-order valence-electron chi connectivity index (χ4n) is 2.49. The summed E-state index contributed by atoms with van der Waals surface area (Å²) in [6.07, 6.45) is -0.527. The molecule has 1 atom stereocenters. The van der Waals surface area contributed by atoms with Crippen molar-refractivity contribution in [3.05, 3.63) is 43.3 Å². The zero-order valence-corrected chi connectivity index (χ0v) is 13.2. The molecule has 0 bridgehead atoms. The second-order valence-corrected chi connectivity index (χ2v) is 7.17. The first kappa shape index (κ1) is 15.6. The van der Waals surface area contributed by atoms with Gasteiger partial charge in [-0.25, -0.2) is 0 Å². The molecule has 3 rings (SSSR count). The van der Waals surface area contributed by atoms with Crippen LogP contribution in [0.15, 0.2) is 17.5 Å². The van der Waals surface area contributed by atoms with Gasteiger partial charge in [0.1, 0.15) is 0 Å². The van der Waals surface area contributed by atoms with E-state index in [-0.39, 0.29) is 23.6 Å². The maximum absolute atomic E-state index is 12.4. The number of hydrogen-bond acceptors (Lipinski definition) is 6. The smallest absolute Gasteiger partial charge is 0.307 e. The average Bonchev–Trinajstić information content (AvgIpc) is 3.10. The van der Waals surface area contributed by atoms with Crippen LogP contribution in [0.3, 0.4) is 0 Å². The summed E-state index contributed by atoms with van der Waals surface area (Å²) in [5.41, 5.74) is 0.650. The van der Waals surface area contributed by atoms with Gasteiger partial charge in [0.2, 0.25) is 5.78 Å². The largest absolute Gasteiger partial charge is 0.481 e. The molecule has 8 heteroatoms. The van der Waals surface area contributed by atoms with Crippen molar-refractivity contribution >= 4 is 46.2 Å². The zero-order valence-electron chi connectivity index (χ0n) is 11.6. The SMILES string of the molecule is O=C(O)CC(Cc1cc2c(s1)C(=O)c1sccc1C2=O)C(=O)O. The third-order valence-electron chi connectivity index (χ3n) is 3.57. The monoisotopic (exact) mass is 350 g/mol. The van der Waals surface area contributed by atoms with Crippen molar-refractivity contribution < 1.29 is 29.4 Å². The lowest BCUT2D eigenvalue weighted by molar-refractivity contribution is -0.148. The standard InChI is InChI=1S/C15H10O6S2/c16-10(17)4-6(15(20)21)3-7-5-9-11(18)8-1-2-22-13(8)12(19)14(9)23-7/h1-2,5-6H,3-4H2,(H,16,17)(H,20,21). The van der Waals surface area contributed by atoms with Crippen LogP contribution in [-0.2, 0) is 16.0 Å². The minimum Gasteiger partial charge on any atom is -0.481 e. The van der Waals surface area contributed by atoms with E-state index in [4.69, 9.17) is 10.2 Å². The van der Waals surface area contributed by atoms with Crippen molar-refractivity contribution in [3.8, 4) is 0 Å². The Morgan fingerprint density at radius 1 is 1.09 bits per heavy atom. The molecule has 0 amide bonds. The molecule has 0 spiro atoms. The summed E-state index contributed by atoms with van der Waals surface area (Å²) in [6, 6.07) is 3.11. The Bertz CT molecular complexity index is 796. The molecule has 0 aliphatic heterocycles. The first-order valence-corrected chi connectivity index (χ1v) is 8.32. The van der Waals surface area contributed by atoms with Crippen molar-refractivity contribution in [1.29, 1.82) is 0 Å². The van der Waals surface area contributed by atoms with Gasteiger partial charge in [0, 0.05) is 16.0 Å². The van der Waals surface area contributed by atoms with Gasteiger partial charge in [-0.1, -0.05) is 0 Å². The quantitative estimate of drug-likeness (QED) is 0.731. The van der Waals surface area contributed by atoms with Gasteiger partial charge in [0.15, 0.2) is 5.78 Å². The van der Waals surface area contributed by atoms with Crippen LogP contribution in [0.1, 0.15) is 41.8 Å². The molecule has 1 unspecified atom stereocenters. The second kappa shape index (κ2) is 5.71. The van der Waals surface area contributed by atoms with Crippen LogP contribution in [0.5, 0.6) is 0 Å². The van der Waals surface area contributed by atoms with Crippen LogP contribution in [0.25, 0.3) is 0 Å². The van der Waals surface area contributed by atoms with Gasteiger partial charge in [-0.15, -0.1) is 22.7 Å². The van der Waals surface area contributed by atoms with E-state index in [1.165, 1.54) is 17.4 Å². The van der Waals surface area contributed by atoms with Gasteiger partial charge in [0.25, 0.3) is 0 Å². The molecular formula is C15H10O6S2. The molecule has 0 fully saturated rings. The van der Waals surface area contributed by atoms with Crippen LogP contribution in [0.2, 0.25) is 0 Å². The molecule has 118 valence electrons. The molecule has 2 N–H and O–H groups in total. The highest BCUT2D eigenvalue weighted by Crippen LogP contribution is 2.36. The lowest BCUT2D eigenvalue weighted by atomic mass is 9.94. The van der Waals surface area contributed by atoms with Gasteiger partial charge < -0.3 is 10.2 Å². The van der Waals surface area contributed by atoms with Crippen LogP contribution < -0.4 is 0 Å². The van der Waals surface area contributed by atoms with Crippen molar-refractivity contribution in [3.63, 3.8) is 0 Å². The first-order chi connectivity index (χ1) is 10.9. The minimum absolute atomic E-state index is 0.0203. The molecule has 1 aliphatic rings. The number of hydrogen-bond donors (Lipinski definition) is 2. The highest BCUT2D eigenvalue weighted by Gasteiger charge is 2.33. The molecule has 0 saturated carbocycles. The van der Waals surface area contributed by atoms with Gasteiger partial charge in [-0.2, -0.15) is 0 Å². The molecule has 23 heavy (non-hydrogen) atoms. The second-order valence-electron chi connectivity index (χ2n) is 5.11. The molecule has 2 aromatic heterocycles. The molecule has 2 aromatic rings. The summed E-state index contributed by atoms with van der Waals surface area (Å²) in [7, 11) is 0. The van der Waals surface area contributed by atoms with E-state index in [9.17, 15) is 19.2 Å². The van der Waals surface area contributed by atoms with Gasteiger partial charge in [-0.3, -0.25) is 19.2 Å². The summed E-state index contributed by atoms with van der Waals surface area (Å²) < 4.78 is 0. The molecular weight excluding hydrogens is 340 g/mol. The number of ketones is 2. The van der Waals surface area contributed by atoms with Crippen molar-refractivity contribution in [2.45, 2.75) is 12.8 Å². The van der Waals surface area contributed by atoms with E-state index < -0.39 is 24.3 Å². The van der Waals surface area contributed by atoms with Gasteiger partial charge in [0.05, 0.1) is 22.1 Å². The van der Waals surface area contributed by atoms with Crippen LogP contribution in [0, 0.1) is 5.92 Å². The van der Waals surface area contributed by atoms with E-state index in [1.54, 1.807) is 11.4 Å². The van der Waals surface area contributed by atoms with E-state index in [2.05, 4.69) is 0 Å². The summed E-state index contributed by atoms with van der Waals surface area (Å²) in [4.78, 5) is 47.9. The lowest BCUT2D eigenvalue weighted by Crippen LogP contribution is -2.19. The van der Waals surface area contributed by atoms with Gasteiger partial charge >= 0.3 is 11.9 Å². The predicted octanol–water partition coefficient (Wildman–Crippen LogP) is 2.30. The number of thiophene rings is 2. The summed E-state index contributed by atoms with van der Waals surface area (Å²) in [5.74, 6) is -3.98. The molecule has 2 heterocycles. The molecule has 0 aromatic carbocycles. The Morgan fingerprint density at radius 3 is 2.48 bits per heavy atom. The van der Waals surface area contributed by atoms with Crippen LogP contribution >= 0.6 is 22.7 Å². The van der Waals surface area contributed by atoms with Crippen molar-refractivity contribution in [2.75, 3.05) is 0 Å². The number of carbonyl (C=O) groups is 4. The number of carboxylic acids is 2. The van der Waals surface area contributed by atoms with E-state index >= 15 is 0 Å². The summed E-state index contributed by atoms with van der Waals surface area (Å²) in [5, 5.41) is 19.6. The fourth-order valence-corrected chi connectivity index (χ4v) is 4.57. The number of rotatable bonds is 5. The van der Waals surface area contributed by atoms with E-state index in [1.807, 2.05) is 0 Å². The maximum atomic E-state index is 12.4. The molecule has 0 radical (unpaired) electrons. The zero-order chi connectivity index (χ0) is 16.7. The first-order valence-electron chi connectivity index (χ1n) is 6.62. The van der Waals surface area contributed by atoms with Crippen molar-refractivity contribution in [2.24, 2.45) is 5.92 Å². The van der Waals surface area contributed by atoms with E-state index in [0.717, 1.165) is 11.3 Å². The summed E-state index contributed by atoms with van der Waals surface area (Å²) >= 11 is 2.27. The molecule has 1 aliphatic carbocycles. The van der Waals surface area contributed by atoms with E-state index in [0.29, 0.717) is 20.2 Å². The van der Waals surface area contributed by atoms with Crippen LogP contribution in [0.4, 0.5) is 0 Å². The summed E-state index contributed by atoms with van der Waals surface area (Å²) in [6.45, 7) is 0. The minimum atomic E-state index is -1.21.